The molecule has 1 atom stereocenters. The second kappa shape index (κ2) is 8.05. The predicted molar refractivity (Wildman–Crippen MR) is 111 cm³/mol. The number of nitrogens with one attached hydrogen (secondary N) is 1. The maximum atomic E-state index is 12.9. The highest BCUT2D eigenvalue weighted by Gasteiger charge is 2.26. The lowest BCUT2D eigenvalue weighted by Gasteiger charge is -2.32. The molecule has 2 amide bonds. The summed E-state index contributed by atoms with van der Waals surface area (Å²) in [6, 6.07) is 16.3. The second-order valence-corrected chi connectivity index (χ2v) is 7.84. The molecule has 2 aliphatic rings. The van der Waals surface area contributed by atoms with Crippen LogP contribution in [-0.2, 0) is 16.0 Å². The molecule has 146 valence electrons. The molecule has 5 heteroatoms. The number of hydrogen-bond acceptors (Lipinski definition) is 3. The quantitative estimate of drug-likeness (QED) is 0.857. The van der Waals surface area contributed by atoms with Crippen LogP contribution in [0.5, 0.6) is 0 Å². The summed E-state index contributed by atoms with van der Waals surface area (Å²) in [5, 5.41) is 3.09. The normalized spacial score (nSPS) is 19.7. The number of anilines is 2. The predicted octanol–water partition coefficient (Wildman–Crippen LogP) is 3.45. The molecule has 0 bridgehead atoms. The van der Waals surface area contributed by atoms with E-state index in [1.165, 1.54) is 11.1 Å². The summed E-state index contributed by atoms with van der Waals surface area (Å²) in [7, 11) is 0. The zero-order valence-electron chi connectivity index (χ0n) is 16.1. The van der Waals surface area contributed by atoms with Crippen molar-refractivity contribution in [1.29, 1.82) is 0 Å². The SMILES string of the molecule is NC(=O)C1CCN(c2ccc(NC(=O)[C@H]3CCCc4ccccc43)cc2)CC1. The monoisotopic (exact) mass is 377 g/mol. The number of amides is 2. The van der Waals surface area contributed by atoms with Gasteiger partial charge in [0.05, 0.1) is 5.92 Å². The summed E-state index contributed by atoms with van der Waals surface area (Å²) in [4.78, 5) is 26.4. The van der Waals surface area contributed by atoms with Gasteiger partial charge in [0.15, 0.2) is 0 Å². The first-order chi connectivity index (χ1) is 13.6. The molecule has 2 aromatic carbocycles. The van der Waals surface area contributed by atoms with E-state index >= 15 is 0 Å². The molecule has 4 rings (SSSR count). The van der Waals surface area contributed by atoms with Gasteiger partial charge in [0.1, 0.15) is 0 Å². The van der Waals surface area contributed by atoms with Gasteiger partial charge in [0.25, 0.3) is 0 Å². The zero-order chi connectivity index (χ0) is 19.5. The van der Waals surface area contributed by atoms with Crippen molar-refractivity contribution in [3.05, 3.63) is 59.7 Å². The number of nitrogens with two attached hydrogens (primary N) is 1. The molecule has 2 aromatic rings. The van der Waals surface area contributed by atoms with Crippen LogP contribution >= 0.6 is 0 Å². The first kappa shape index (κ1) is 18.5. The fourth-order valence-electron chi connectivity index (χ4n) is 4.43. The van der Waals surface area contributed by atoms with Gasteiger partial charge >= 0.3 is 0 Å². The van der Waals surface area contributed by atoms with E-state index in [0.717, 1.165) is 56.6 Å². The molecular weight excluding hydrogens is 350 g/mol. The third-order valence-corrected chi connectivity index (χ3v) is 6.08. The molecule has 0 unspecified atom stereocenters. The number of fused-ring (bicyclic) bond motifs is 1. The van der Waals surface area contributed by atoms with Crippen LogP contribution in [0, 0.1) is 5.92 Å². The molecule has 1 aliphatic heterocycles. The molecule has 3 N–H and O–H groups in total. The van der Waals surface area contributed by atoms with Crippen LogP contribution in [0.4, 0.5) is 11.4 Å². The minimum atomic E-state index is -0.193. The highest BCUT2D eigenvalue weighted by atomic mass is 16.2. The summed E-state index contributed by atoms with van der Waals surface area (Å²) >= 11 is 0. The molecule has 0 aromatic heterocycles. The molecule has 0 spiro atoms. The maximum absolute atomic E-state index is 12.9. The summed E-state index contributed by atoms with van der Waals surface area (Å²) in [6.07, 6.45) is 4.61. The number of aryl methyl sites for hydroxylation is 1. The number of carbonyl (C=O) groups excluding carboxylic acids is 2. The standard InChI is InChI=1S/C23H27N3O2/c24-22(27)17-12-14-26(15-13-17)19-10-8-18(9-11-19)25-23(28)21-7-3-5-16-4-1-2-6-20(16)21/h1-2,4,6,8-11,17,21H,3,5,7,12-15H2,(H2,24,27)(H,25,28)/t21-/m0/s1. The number of hydrogen-bond donors (Lipinski definition) is 2. The largest absolute Gasteiger partial charge is 0.371 e. The third-order valence-electron chi connectivity index (χ3n) is 6.08. The minimum absolute atomic E-state index is 0.00631. The van der Waals surface area contributed by atoms with Crippen LogP contribution in [0.2, 0.25) is 0 Å². The molecule has 28 heavy (non-hydrogen) atoms. The van der Waals surface area contributed by atoms with Gasteiger partial charge in [-0.1, -0.05) is 24.3 Å². The van der Waals surface area contributed by atoms with E-state index in [1.807, 2.05) is 36.4 Å². The number of benzene rings is 2. The Bertz CT molecular complexity index is 854. The smallest absolute Gasteiger partial charge is 0.231 e. The van der Waals surface area contributed by atoms with E-state index in [9.17, 15) is 9.59 Å². The number of nitrogens with zero attached hydrogens (tertiary/aromatic N) is 1. The Morgan fingerprint density at radius 3 is 2.39 bits per heavy atom. The van der Waals surface area contributed by atoms with Crippen molar-refractivity contribution < 1.29 is 9.59 Å². The van der Waals surface area contributed by atoms with Gasteiger partial charge in [-0.3, -0.25) is 9.59 Å². The van der Waals surface area contributed by atoms with Gasteiger partial charge in [0, 0.05) is 30.4 Å². The average molecular weight is 377 g/mol. The number of primary amides is 1. The number of rotatable bonds is 4. The number of piperidine rings is 1. The van der Waals surface area contributed by atoms with E-state index in [1.54, 1.807) is 0 Å². The second-order valence-electron chi connectivity index (χ2n) is 7.84. The van der Waals surface area contributed by atoms with E-state index < -0.39 is 0 Å². The first-order valence-electron chi connectivity index (χ1n) is 10.1. The molecule has 1 heterocycles. The lowest BCUT2D eigenvalue weighted by Crippen LogP contribution is -2.38. The lowest BCUT2D eigenvalue weighted by atomic mass is 9.82. The molecule has 0 radical (unpaired) electrons. The van der Waals surface area contributed by atoms with Crippen molar-refractivity contribution in [2.24, 2.45) is 11.7 Å². The fourth-order valence-corrected chi connectivity index (χ4v) is 4.43. The Morgan fingerprint density at radius 2 is 1.68 bits per heavy atom. The highest BCUT2D eigenvalue weighted by molar-refractivity contribution is 5.96. The van der Waals surface area contributed by atoms with Gasteiger partial charge in [0.2, 0.25) is 11.8 Å². The molecule has 1 saturated heterocycles. The van der Waals surface area contributed by atoms with Gasteiger partial charge in [-0.2, -0.15) is 0 Å². The van der Waals surface area contributed by atoms with Gasteiger partial charge in [-0.15, -0.1) is 0 Å². The Morgan fingerprint density at radius 1 is 0.964 bits per heavy atom. The fraction of sp³-hybridized carbons (Fsp3) is 0.391. The van der Waals surface area contributed by atoms with Crippen molar-refractivity contribution >= 4 is 23.2 Å². The Hall–Kier alpha value is -2.82. The van der Waals surface area contributed by atoms with Crippen LogP contribution in [0.25, 0.3) is 0 Å². The minimum Gasteiger partial charge on any atom is -0.371 e. The van der Waals surface area contributed by atoms with Crippen molar-refractivity contribution in [1.82, 2.24) is 0 Å². The average Bonchev–Trinajstić information content (AvgIpc) is 2.74. The van der Waals surface area contributed by atoms with Gasteiger partial charge < -0.3 is 16.0 Å². The van der Waals surface area contributed by atoms with E-state index in [4.69, 9.17) is 5.73 Å². The molecule has 1 fully saturated rings. The lowest BCUT2D eigenvalue weighted by molar-refractivity contribution is -0.122. The zero-order valence-corrected chi connectivity index (χ0v) is 16.1. The molecular formula is C23H27N3O2. The number of carbonyl (C=O) groups is 2. The maximum Gasteiger partial charge on any atom is 0.231 e. The topological polar surface area (TPSA) is 75.4 Å². The third kappa shape index (κ3) is 3.88. The van der Waals surface area contributed by atoms with Crippen molar-refractivity contribution in [2.45, 2.75) is 38.0 Å². The van der Waals surface area contributed by atoms with Crippen LogP contribution < -0.4 is 16.0 Å². The Kier molecular flexibility index (Phi) is 5.33. The van der Waals surface area contributed by atoms with Crippen LogP contribution in [0.3, 0.4) is 0 Å². The van der Waals surface area contributed by atoms with E-state index in [0.29, 0.717) is 0 Å². The molecule has 5 nitrogen and oxygen atoms in total. The van der Waals surface area contributed by atoms with Gasteiger partial charge in [-0.05, 0) is 67.5 Å². The summed E-state index contributed by atoms with van der Waals surface area (Å²) in [5.74, 6) is -0.199. The van der Waals surface area contributed by atoms with Gasteiger partial charge in [-0.25, -0.2) is 0 Å². The first-order valence-corrected chi connectivity index (χ1v) is 10.1. The summed E-state index contributed by atoms with van der Waals surface area (Å²) in [5.41, 5.74) is 9.81. The van der Waals surface area contributed by atoms with Crippen LogP contribution in [0.15, 0.2) is 48.5 Å². The van der Waals surface area contributed by atoms with Crippen molar-refractivity contribution in [3.63, 3.8) is 0 Å². The highest BCUT2D eigenvalue weighted by Crippen LogP contribution is 2.32. The summed E-state index contributed by atoms with van der Waals surface area (Å²) in [6.45, 7) is 1.66. The van der Waals surface area contributed by atoms with Crippen molar-refractivity contribution in [2.75, 3.05) is 23.3 Å². The van der Waals surface area contributed by atoms with E-state index in [-0.39, 0.29) is 23.7 Å². The van der Waals surface area contributed by atoms with E-state index in [2.05, 4.69) is 22.3 Å². The molecule has 1 aliphatic carbocycles. The summed E-state index contributed by atoms with van der Waals surface area (Å²) < 4.78 is 0. The molecule has 0 saturated carbocycles. The van der Waals surface area contributed by atoms with Crippen LogP contribution in [0.1, 0.15) is 42.7 Å². The Balaban J connectivity index is 1.39. The Labute approximate surface area is 165 Å². The van der Waals surface area contributed by atoms with Crippen molar-refractivity contribution in [3.8, 4) is 0 Å². The van der Waals surface area contributed by atoms with Crippen LogP contribution in [-0.4, -0.2) is 24.9 Å².